The van der Waals surface area contributed by atoms with E-state index in [0.717, 1.165) is 23.5 Å². The van der Waals surface area contributed by atoms with Crippen molar-refractivity contribution in [2.45, 2.75) is 54.1 Å². The van der Waals surface area contributed by atoms with Gasteiger partial charge in [-0.2, -0.15) is 10.2 Å². The fraction of sp³-hybridized carbons (Fsp3) is 0.391. The number of nitrogens with zero attached hydrogens (tertiary/aromatic N) is 4. The number of fused-ring (bicyclic) bond motifs is 1. The third kappa shape index (κ3) is 4.20. The molecule has 1 amide bonds. The highest BCUT2D eigenvalue weighted by molar-refractivity contribution is 6.05. The molecular weight excluding hydrogens is 378 g/mol. The van der Waals surface area contributed by atoms with Crippen molar-refractivity contribution in [2.75, 3.05) is 0 Å². The number of nitrogens with one attached hydrogen (secondary N) is 1. The Balaban J connectivity index is 1.90. The lowest BCUT2D eigenvalue weighted by Crippen LogP contribution is -2.30. The number of carbonyl (C=O) groups is 1. The van der Waals surface area contributed by atoms with E-state index in [4.69, 9.17) is 0 Å². The number of hydrogen-bond acceptors (Lipinski definition) is 4. The molecule has 0 saturated heterocycles. The first kappa shape index (κ1) is 21.5. The van der Waals surface area contributed by atoms with Crippen molar-refractivity contribution in [3.8, 4) is 0 Å². The summed E-state index contributed by atoms with van der Waals surface area (Å²) in [5.41, 5.74) is 5.76. The molecule has 3 rings (SSSR count). The van der Waals surface area contributed by atoms with E-state index < -0.39 is 5.91 Å². The van der Waals surface area contributed by atoms with Gasteiger partial charge in [-0.15, -0.1) is 0 Å². The van der Waals surface area contributed by atoms with Crippen LogP contribution in [0.4, 0.5) is 0 Å². The number of benzene rings is 1. The van der Waals surface area contributed by atoms with Crippen molar-refractivity contribution in [1.82, 2.24) is 19.8 Å². The van der Waals surface area contributed by atoms with Gasteiger partial charge < -0.3 is 4.57 Å². The van der Waals surface area contributed by atoms with Gasteiger partial charge in [-0.25, -0.2) is 10.1 Å². The summed E-state index contributed by atoms with van der Waals surface area (Å²) in [6.45, 7) is 13.1. The maximum absolute atomic E-state index is 12.8. The molecule has 0 saturated carbocycles. The summed E-state index contributed by atoms with van der Waals surface area (Å²) >= 11 is 0. The standard InChI is InChI=1S/C23H29N5O2/c1-14(2)13-27-16(5)11-18(17(27)6)12-24-25-22(29)21-19-9-7-8-10-20(19)23(30)28(26-21)15(3)4/h7-12,14-15H,13H2,1-6H3,(H,25,29)/b24-12-. The van der Waals surface area contributed by atoms with Gasteiger partial charge in [0.05, 0.1) is 17.6 Å². The molecule has 0 aliphatic heterocycles. The van der Waals surface area contributed by atoms with E-state index in [2.05, 4.69) is 47.0 Å². The molecule has 7 nitrogen and oxygen atoms in total. The zero-order valence-corrected chi connectivity index (χ0v) is 18.4. The van der Waals surface area contributed by atoms with Gasteiger partial charge in [0, 0.05) is 28.9 Å². The first-order chi connectivity index (χ1) is 14.2. The minimum absolute atomic E-state index is 0.163. The molecule has 1 aromatic carbocycles. The minimum atomic E-state index is -0.451. The Bertz CT molecular complexity index is 1170. The zero-order valence-electron chi connectivity index (χ0n) is 18.4. The second-order valence-electron chi connectivity index (χ2n) is 8.27. The smallest absolute Gasteiger partial charge is 0.292 e. The molecule has 3 aromatic rings. The zero-order chi connectivity index (χ0) is 22.0. The Labute approximate surface area is 176 Å². The molecule has 0 unspecified atom stereocenters. The van der Waals surface area contributed by atoms with E-state index in [1.807, 2.05) is 20.8 Å². The summed E-state index contributed by atoms with van der Waals surface area (Å²) in [6.07, 6.45) is 1.65. The number of hydrazone groups is 1. The Hall–Kier alpha value is -3.22. The van der Waals surface area contributed by atoms with Crippen LogP contribution in [-0.2, 0) is 6.54 Å². The number of aromatic nitrogens is 3. The molecule has 0 fully saturated rings. The SMILES string of the molecule is Cc1cc(/C=N\NC(=O)c2nn(C(C)C)c(=O)c3ccccc23)c(C)n1CC(C)C. The first-order valence-corrected chi connectivity index (χ1v) is 10.2. The van der Waals surface area contributed by atoms with Crippen molar-refractivity contribution in [1.29, 1.82) is 0 Å². The monoisotopic (exact) mass is 407 g/mol. The van der Waals surface area contributed by atoms with Crippen molar-refractivity contribution in [3.63, 3.8) is 0 Å². The summed E-state index contributed by atoms with van der Waals surface area (Å²) in [5, 5.41) is 9.44. The topological polar surface area (TPSA) is 81.3 Å². The van der Waals surface area contributed by atoms with Gasteiger partial charge in [-0.05, 0) is 45.7 Å². The molecule has 0 atom stereocenters. The number of hydrogen-bond donors (Lipinski definition) is 1. The minimum Gasteiger partial charge on any atom is -0.348 e. The van der Waals surface area contributed by atoms with Gasteiger partial charge in [-0.3, -0.25) is 9.59 Å². The molecule has 30 heavy (non-hydrogen) atoms. The fourth-order valence-electron chi connectivity index (χ4n) is 3.54. The normalized spacial score (nSPS) is 11.9. The van der Waals surface area contributed by atoms with Crippen LogP contribution in [0, 0.1) is 19.8 Å². The molecule has 158 valence electrons. The highest BCUT2D eigenvalue weighted by atomic mass is 16.2. The second-order valence-corrected chi connectivity index (χ2v) is 8.27. The van der Waals surface area contributed by atoms with Crippen LogP contribution in [0.3, 0.4) is 0 Å². The average Bonchev–Trinajstić information content (AvgIpc) is 2.95. The van der Waals surface area contributed by atoms with Gasteiger partial charge >= 0.3 is 0 Å². The Morgan fingerprint density at radius 2 is 1.83 bits per heavy atom. The van der Waals surface area contributed by atoms with Crippen molar-refractivity contribution >= 4 is 22.9 Å². The molecule has 7 heteroatoms. The molecular formula is C23H29N5O2. The molecule has 0 radical (unpaired) electrons. The Morgan fingerprint density at radius 3 is 2.47 bits per heavy atom. The summed E-state index contributed by atoms with van der Waals surface area (Å²) in [4.78, 5) is 25.5. The van der Waals surface area contributed by atoms with E-state index in [9.17, 15) is 9.59 Å². The molecule has 0 bridgehead atoms. The van der Waals surface area contributed by atoms with Gasteiger partial charge in [0.25, 0.3) is 11.5 Å². The lowest BCUT2D eigenvalue weighted by molar-refractivity contribution is 0.0949. The van der Waals surface area contributed by atoms with Gasteiger partial charge in [0.1, 0.15) is 0 Å². The van der Waals surface area contributed by atoms with Crippen molar-refractivity contribution in [3.05, 3.63) is 63.3 Å². The highest BCUT2D eigenvalue weighted by Gasteiger charge is 2.17. The van der Waals surface area contributed by atoms with Gasteiger partial charge in [-0.1, -0.05) is 32.0 Å². The lowest BCUT2D eigenvalue weighted by atomic mass is 10.1. The lowest BCUT2D eigenvalue weighted by Gasteiger charge is -2.12. The quantitative estimate of drug-likeness (QED) is 0.498. The average molecular weight is 408 g/mol. The summed E-state index contributed by atoms with van der Waals surface area (Å²) in [6, 6.07) is 8.89. The summed E-state index contributed by atoms with van der Waals surface area (Å²) < 4.78 is 3.59. The van der Waals surface area contributed by atoms with Crippen molar-refractivity contribution in [2.24, 2.45) is 11.0 Å². The summed E-state index contributed by atoms with van der Waals surface area (Å²) in [5.74, 6) is 0.0862. The predicted octanol–water partition coefficient (Wildman–Crippen LogP) is 3.82. The molecule has 1 N–H and O–H groups in total. The van der Waals surface area contributed by atoms with Crippen LogP contribution in [0.15, 0.2) is 40.2 Å². The van der Waals surface area contributed by atoms with Crippen LogP contribution in [0.5, 0.6) is 0 Å². The maximum atomic E-state index is 12.8. The van der Waals surface area contributed by atoms with Crippen LogP contribution >= 0.6 is 0 Å². The molecule has 2 aromatic heterocycles. The summed E-state index contributed by atoms with van der Waals surface area (Å²) in [7, 11) is 0. The van der Waals surface area contributed by atoms with E-state index >= 15 is 0 Å². The van der Waals surface area contributed by atoms with Crippen molar-refractivity contribution < 1.29 is 4.79 Å². The van der Waals surface area contributed by atoms with Gasteiger partial charge in [0.15, 0.2) is 5.69 Å². The van der Waals surface area contributed by atoms with E-state index in [-0.39, 0.29) is 17.3 Å². The maximum Gasteiger partial charge on any atom is 0.292 e. The van der Waals surface area contributed by atoms with E-state index in [0.29, 0.717) is 16.7 Å². The molecule has 2 heterocycles. The van der Waals surface area contributed by atoms with Crippen LogP contribution in [-0.4, -0.2) is 26.5 Å². The second kappa shape index (κ2) is 8.65. The number of carbonyl (C=O) groups excluding carboxylic acids is 1. The molecule has 0 aliphatic rings. The van der Waals surface area contributed by atoms with Crippen LogP contribution in [0.1, 0.15) is 61.2 Å². The largest absolute Gasteiger partial charge is 0.348 e. The van der Waals surface area contributed by atoms with Crippen LogP contribution < -0.4 is 11.0 Å². The highest BCUT2D eigenvalue weighted by Crippen LogP contribution is 2.16. The third-order valence-corrected chi connectivity index (χ3v) is 5.06. The van der Waals surface area contributed by atoms with E-state index in [1.165, 1.54) is 4.68 Å². The molecule has 0 aliphatic carbocycles. The number of aryl methyl sites for hydroxylation is 1. The first-order valence-electron chi connectivity index (χ1n) is 10.2. The third-order valence-electron chi connectivity index (χ3n) is 5.06. The van der Waals surface area contributed by atoms with Crippen LogP contribution in [0.2, 0.25) is 0 Å². The number of rotatable bonds is 6. The fourth-order valence-corrected chi connectivity index (χ4v) is 3.54. The predicted molar refractivity (Wildman–Crippen MR) is 120 cm³/mol. The Morgan fingerprint density at radius 1 is 1.17 bits per heavy atom. The van der Waals surface area contributed by atoms with Crippen LogP contribution in [0.25, 0.3) is 10.8 Å². The van der Waals surface area contributed by atoms with Gasteiger partial charge in [0.2, 0.25) is 0 Å². The molecule has 0 spiro atoms. The number of amides is 1. The van der Waals surface area contributed by atoms with E-state index in [1.54, 1.807) is 30.5 Å². The Kier molecular flexibility index (Phi) is 6.20.